The number of amides is 2. The maximum atomic E-state index is 13.3. The van der Waals surface area contributed by atoms with E-state index in [2.05, 4.69) is 15.4 Å². The molecule has 9 nitrogen and oxygen atoms in total. The normalized spacial score (nSPS) is 15.3. The predicted molar refractivity (Wildman–Crippen MR) is 123 cm³/mol. The van der Waals surface area contributed by atoms with Crippen LogP contribution in [0.25, 0.3) is 0 Å². The number of aromatic hydroxyl groups is 1. The van der Waals surface area contributed by atoms with Crippen LogP contribution in [0.4, 0.5) is 11.4 Å². The SMILES string of the molecule is NC(=O)c1cc2c(cc1O)NCc1cccc(c1)CC(=O)NCc1cccc(c1)NS2(=O)=O. The highest BCUT2D eigenvalue weighted by Crippen LogP contribution is 2.31. The number of rotatable bonds is 1. The Morgan fingerprint density at radius 3 is 2.33 bits per heavy atom. The molecule has 170 valence electrons. The highest BCUT2D eigenvalue weighted by molar-refractivity contribution is 7.92. The third-order valence-corrected chi connectivity index (χ3v) is 6.58. The maximum Gasteiger partial charge on any atom is 0.263 e. The zero-order valence-electron chi connectivity index (χ0n) is 17.5. The summed E-state index contributed by atoms with van der Waals surface area (Å²) < 4.78 is 29.0. The Kier molecular flexibility index (Phi) is 5.93. The Morgan fingerprint density at radius 1 is 0.909 bits per heavy atom. The van der Waals surface area contributed by atoms with E-state index in [-0.39, 0.29) is 47.3 Å². The van der Waals surface area contributed by atoms with Gasteiger partial charge in [-0.3, -0.25) is 14.3 Å². The van der Waals surface area contributed by atoms with Crippen molar-refractivity contribution < 1.29 is 23.1 Å². The van der Waals surface area contributed by atoms with Crippen LogP contribution in [0.15, 0.2) is 65.6 Å². The van der Waals surface area contributed by atoms with Crippen molar-refractivity contribution in [3.05, 3.63) is 82.9 Å². The first-order valence-corrected chi connectivity index (χ1v) is 11.6. The molecule has 0 unspecified atom stereocenters. The number of anilines is 2. The van der Waals surface area contributed by atoms with Crippen LogP contribution in [0.2, 0.25) is 0 Å². The van der Waals surface area contributed by atoms with Crippen LogP contribution < -0.4 is 21.1 Å². The molecule has 0 saturated carbocycles. The number of benzene rings is 3. The second kappa shape index (κ2) is 8.83. The number of fused-ring (bicyclic) bond motifs is 5. The van der Waals surface area contributed by atoms with Gasteiger partial charge in [0.1, 0.15) is 10.6 Å². The fourth-order valence-electron chi connectivity index (χ4n) is 3.58. The molecule has 3 aromatic rings. The minimum absolute atomic E-state index is 0.0939. The molecule has 4 bridgehead atoms. The Bertz CT molecular complexity index is 1350. The van der Waals surface area contributed by atoms with Crippen LogP contribution in [0.3, 0.4) is 0 Å². The van der Waals surface area contributed by atoms with Gasteiger partial charge in [-0.15, -0.1) is 0 Å². The fraction of sp³-hybridized carbons (Fsp3) is 0.130. The molecule has 0 radical (unpaired) electrons. The van der Waals surface area contributed by atoms with Gasteiger partial charge in [0.15, 0.2) is 0 Å². The van der Waals surface area contributed by atoms with Crippen molar-refractivity contribution in [2.75, 3.05) is 10.0 Å². The monoisotopic (exact) mass is 466 g/mol. The molecule has 1 heterocycles. The molecule has 0 atom stereocenters. The van der Waals surface area contributed by atoms with Gasteiger partial charge in [0.2, 0.25) is 5.91 Å². The van der Waals surface area contributed by atoms with Crippen LogP contribution in [0.5, 0.6) is 5.75 Å². The quantitative estimate of drug-likeness (QED) is 0.370. The lowest BCUT2D eigenvalue weighted by Crippen LogP contribution is -2.25. The minimum atomic E-state index is -4.18. The number of hydrogen-bond donors (Lipinski definition) is 5. The molecule has 33 heavy (non-hydrogen) atoms. The first-order valence-electron chi connectivity index (χ1n) is 10.1. The average Bonchev–Trinajstić information content (AvgIpc) is 2.75. The Labute approximate surface area is 190 Å². The number of primary amides is 1. The molecule has 2 amide bonds. The van der Waals surface area contributed by atoms with Crippen LogP contribution in [0.1, 0.15) is 27.0 Å². The summed E-state index contributed by atoms with van der Waals surface area (Å²) in [4.78, 5) is 23.9. The molecular weight excluding hydrogens is 444 g/mol. The predicted octanol–water partition coefficient (Wildman–Crippen LogP) is 2.08. The highest BCUT2D eigenvalue weighted by atomic mass is 32.2. The molecule has 10 heteroatoms. The van der Waals surface area contributed by atoms with E-state index in [1.54, 1.807) is 30.3 Å². The van der Waals surface area contributed by atoms with Gasteiger partial charge in [-0.05, 0) is 34.9 Å². The molecule has 6 N–H and O–H groups in total. The van der Waals surface area contributed by atoms with E-state index in [1.807, 2.05) is 18.2 Å². The second-order valence-corrected chi connectivity index (χ2v) is 9.31. The zero-order chi connectivity index (χ0) is 23.6. The largest absolute Gasteiger partial charge is 0.507 e. The lowest BCUT2D eigenvalue weighted by atomic mass is 10.1. The third-order valence-electron chi connectivity index (χ3n) is 5.16. The fourth-order valence-corrected chi connectivity index (χ4v) is 4.82. The van der Waals surface area contributed by atoms with Crippen molar-refractivity contribution in [2.24, 2.45) is 5.73 Å². The first-order chi connectivity index (χ1) is 15.7. The summed E-state index contributed by atoms with van der Waals surface area (Å²) in [5, 5.41) is 16.1. The van der Waals surface area contributed by atoms with E-state index in [9.17, 15) is 23.1 Å². The van der Waals surface area contributed by atoms with Crippen molar-refractivity contribution in [1.29, 1.82) is 0 Å². The van der Waals surface area contributed by atoms with Gasteiger partial charge in [-0.2, -0.15) is 0 Å². The molecule has 1 aliphatic rings. The number of carbonyl (C=O) groups excluding carboxylic acids is 2. The van der Waals surface area contributed by atoms with Crippen LogP contribution in [-0.4, -0.2) is 25.3 Å². The minimum Gasteiger partial charge on any atom is -0.507 e. The topological polar surface area (TPSA) is 151 Å². The molecule has 0 aromatic heterocycles. The Balaban J connectivity index is 1.83. The van der Waals surface area contributed by atoms with Crippen molar-refractivity contribution in [3.63, 3.8) is 0 Å². The van der Waals surface area contributed by atoms with E-state index in [4.69, 9.17) is 5.73 Å². The average molecular weight is 467 g/mol. The van der Waals surface area contributed by atoms with Gasteiger partial charge >= 0.3 is 0 Å². The van der Waals surface area contributed by atoms with E-state index in [1.165, 1.54) is 0 Å². The lowest BCUT2D eigenvalue weighted by molar-refractivity contribution is -0.120. The summed E-state index contributed by atoms with van der Waals surface area (Å²) in [5.74, 6) is -1.55. The van der Waals surface area contributed by atoms with Crippen molar-refractivity contribution in [3.8, 4) is 5.75 Å². The summed E-state index contributed by atoms with van der Waals surface area (Å²) in [6.45, 7) is 0.439. The van der Waals surface area contributed by atoms with E-state index < -0.39 is 21.7 Å². The van der Waals surface area contributed by atoms with Crippen molar-refractivity contribution in [1.82, 2.24) is 5.32 Å². The Morgan fingerprint density at radius 2 is 1.58 bits per heavy atom. The molecule has 1 aliphatic heterocycles. The summed E-state index contributed by atoms with van der Waals surface area (Å²) in [5.41, 5.74) is 7.67. The van der Waals surface area contributed by atoms with E-state index in [0.29, 0.717) is 5.56 Å². The zero-order valence-corrected chi connectivity index (χ0v) is 18.3. The molecule has 0 fully saturated rings. The summed E-state index contributed by atoms with van der Waals surface area (Å²) in [6, 6.07) is 16.1. The van der Waals surface area contributed by atoms with Crippen LogP contribution in [-0.2, 0) is 34.3 Å². The highest BCUT2D eigenvalue weighted by Gasteiger charge is 2.23. The molecule has 0 saturated heterocycles. The van der Waals surface area contributed by atoms with Crippen LogP contribution >= 0.6 is 0 Å². The Hall–Kier alpha value is -4.05. The maximum absolute atomic E-state index is 13.3. The number of sulfonamides is 1. The van der Waals surface area contributed by atoms with Gasteiger partial charge in [0.25, 0.3) is 15.9 Å². The van der Waals surface area contributed by atoms with Crippen LogP contribution in [0, 0.1) is 0 Å². The summed E-state index contributed by atoms with van der Waals surface area (Å²) in [6.07, 6.45) is 0.194. The molecule has 0 spiro atoms. The molecular formula is C23H22N4O5S. The number of nitrogens with one attached hydrogen (secondary N) is 3. The number of carbonyl (C=O) groups is 2. The smallest absolute Gasteiger partial charge is 0.263 e. The van der Waals surface area contributed by atoms with E-state index in [0.717, 1.165) is 23.3 Å². The van der Waals surface area contributed by atoms with E-state index >= 15 is 0 Å². The summed E-state index contributed by atoms with van der Waals surface area (Å²) in [7, 11) is -4.18. The lowest BCUT2D eigenvalue weighted by Gasteiger charge is -2.17. The molecule has 3 aromatic carbocycles. The van der Waals surface area contributed by atoms with Gasteiger partial charge in [-0.25, -0.2) is 8.42 Å². The molecule has 4 rings (SSSR count). The van der Waals surface area contributed by atoms with Crippen molar-refractivity contribution >= 4 is 33.2 Å². The number of hydrogen-bond acceptors (Lipinski definition) is 6. The molecule has 0 aliphatic carbocycles. The summed E-state index contributed by atoms with van der Waals surface area (Å²) >= 11 is 0. The van der Waals surface area contributed by atoms with Gasteiger partial charge in [-0.1, -0.05) is 36.4 Å². The number of nitrogens with two attached hydrogens (primary N) is 1. The van der Waals surface area contributed by atoms with Gasteiger partial charge in [0.05, 0.1) is 17.7 Å². The first kappa shape index (κ1) is 22.2. The van der Waals surface area contributed by atoms with Gasteiger partial charge < -0.3 is 21.5 Å². The van der Waals surface area contributed by atoms with Crippen molar-refractivity contribution in [2.45, 2.75) is 24.4 Å². The number of phenols is 1. The van der Waals surface area contributed by atoms with Gasteiger partial charge in [0, 0.05) is 24.8 Å². The third kappa shape index (κ3) is 5.07. The standard InChI is InChI=1S/C23H22N4O5S/c24-23(30)18-10-21-19(11-20(18)28)25-12-15-4-1-3-14(7-15)9-22(29)26-13-16-5-2-6-17(8-16)27-33(21,31)32/h1-8,10-11,25,27-28H,9,12-13H2,(H2,24,30)(H,26,29). The second-order valence-electron chi connectivity index (χ2n) is 7.66.